The third-order valence-electron chi connectivity index (χ3n) is 6.30. The summed E-state index contributed by atoms with van der Waals surface area (Å²) in [5.41, 5.74) is 3.76. The van der Waals surface area contributed by atoms with E-state index in [9.17, 15) is 0 Å². The molecule has 1 saturated heterocycles. The molecular formula is C25H27N7. The van der Waals surface area contributed by atoms with E-state index >= 15 is 0 Å². The van der Waals surface area contributed by atoms with Crippen molar-refractivity contribution in [2.24, 2.45) is 0 Å². The molecule has 0 aromatic carbocycles. The van der Waals surface area contributed by atoms with Gasteiger partial charge in [-0.3, -0.25) is 0 Å². The van der Waals surface area contributed by atoms with Gasteiger partial charge in [0.1, 0.15) is 17.5 Å². The summed E-state index contributed by atoms with van der Waals surface area (Å²) in [6, 6.07) is 14.6. The molecule has 162 valence electrons. The minimum Gasteiger partial charge on any atom is -0.355 e. The van der Waals surface area contributed by atoms with Gasteiger partial charge in [-0.2, -0.15) is 5.26 Å². The Bertz CT molecular complexity index is 1150. The fourth-order valence-corrected chi connectivity index (χ4v) is 4.21. The minimum absolute atomic E-state index is 0.569. The third-order valence-corrected chi connectivity index (χ3v) is 6.30. The van der Waals surface area contributed by atoms with Crippen LogP contribution in [-0.4, -0.2) is 53.1 Å². The van der Waals surface area contributed by atoms with Gasteiger partial charge in [0.15, 0.2) is 0 Å². The van der Waals surface area contributed by atoms with Crippen molar-refractivity contribution >= 4 is 17.5 Å². The van der Waals surface area contributed by atoms with Crippen molar-refractivity contribution in [3.63, 3.8) is 0 Å². The molecule has 5 rings (SSSR count). The predicted molar refractivity (Wildman–Crippen MR) is 126 cm³/mol. The maximum Gasteiger partial charge on any atom is 0.132 e. The molecule has 1 aliphatic heterocycles. The van der Waals surface area contributed by atoms with Crippen LogP contribution in [-0.2, 0) is 0 Å². The molecule has 1 atom stereocenters. The quantitative estimate of drug-likeness (QED) is 0.635. The fraction of sp³-hybridized carbons (Fsp3) is 0.360. The molecule has 1 unspecified atom stereocenters. The molecule has 4 heterocycles. The highest BCUT2D eigenvalue weighted by Gasteiger charge is 2.26. The molecule has 32 heavy (non-hydrogen) atoms. The topological polar surface area (TPSA) is 81.0 Å². The van der Waals surface area contributed by atoms with Gasteiger partial charge in [0.2, 0.25) is 0 Å². The molecule has 1 saturated carbocycles. The Morgan fingerprint density at radius 3 is 2.62 bits per heavy atom. The predicted octanol–water partition coefficient (Wildman–Crippen LogP) is 4.17. The molecule has 3 aromatic heterocycles. The van der Waals surface area contributed by atoms with Crippen LogP contribution in [0.3, 0.4) is 0 Å². The van der Waals surface area contributed by atoms with E-state index < -0.39 is 0 Å². The van der Waals surface area contributed by atoms with Crippen LogP contribution in [0.2, 0.25) is 0 Å². The molecule has 0 amide bonds. The second-order valence-corrected chi connectivity index (χ2v) is 8.87. The number of hydrogen-bond acceptors (Lipinski definition) is 7. The molecule has 1 N–H and O–H groups in total. The van der Waals surface area contributed by atoms with Gasteiger partial charge in [-0.05, 0) is 81.2 Å². The highest BCUT2D eigenvalue weighted by atomic mass is 15.3. The second-order valence-electron chi connectivity index (χ2n) is 8.87. The van der Waals surface area contributed by atoms with Gasteiger partial charge in [-0.1, -0.05) is 0 Å². The smallest absolute Gasteiger partial charge is 0.132 e. The summed E-state index contributed by atoms with van der Waals surface area (Å²) >= 11 is 0. The van der Waals surface area contributed by atoms with Crippen molar-refractivity contribution in [3.05, 3.63) is 59.9 Å². The highest BCUT2D eigenvalue weighted by molar-refractivity contribution is 5.66. The van der Waals surface area contributed by atoms with Crippen molar-refractivity contribution in [2.75, 3.05) is 37.4 Å². The maximum atomic E-state index is 9.15. The summed E-state index contributed by atoms with van der Waals surface area (Å²) in [5, 5.41) is 12.4. The lowest BCUT2D eigenvalue weighted by Crippen LogP contribution is -2.31. The first kappa shape index (κ1) is 20.4. The Morgan fingerprint density at radius 1 is 1.06 bits per heavy atom. The first-order valence-electron chi connectivity index (χ1n) is 11.1. The van der Waals surface area contributed by atoms with Crippen LogP contribution in [0, 0.1) is 11.3 Å². The Hall–Kier alpha value is -3.50. The van der Waals surface area contributed by atoms with E-state index in [-0.39, 0.29) is 0 Å². The molecule has 0 bridgehead atoms. The van der Waals surface area contributed by atoms with Gasteiger partial charge in [0.25, 0.3) is 0 Å². The van der Waals surface area contributed by atoms with Gasteiger partial charge in [-0.15, -0.1) is 0 Å². The number of hydrogen-bond donors (Lipinski definition) is 1. The lowest BCUT2D eigenvalue weighted by Gasteiger charge is -2.21. The SMILES string of the molecule is CN(C)C1CCN(c2ccc(-c3cc(C4CC4)cc(Nc4cc(C#N)ccn4)n3)cn2)C1. The molecule has 0 spiro atoms. The lowest BCUT2D eigenvalue weighted by molar-refractivity contribution is 0.315. The van der Waals surface area contributed by atoms with E-state index in [0.29, 0.717) is 23.3 Å². The van der Waals surface area contributed by atoms with Gasteiger partial charge in [0.05, 0.1) is 17.3 Å². The van der Waals surface area contributed by atoms with Crippen molar-refractivity contribution in [1.29, 1.82) is 5.26 Å². The van der Waals surface area contributed by atoms with Crippen LogP contribution in [0.4, 0.5) is 17.5 Å². The Kier molecular flexibility index (Phi) is 5.46. The molecule has 2 fully saturated rings. The van der Waals surface area contributed by atoms with E-state index in [1.54, 1.807) is 18.3 Å². The zero-order chi connectivity index (χ0) is 22.1. The number of rotatable bonds is 6. The van der Waals surface area contributed by atoms with Crippen LogP contribution in [0.25, 0.3) is 11.3 Å². The third kappa shape index (κ3) is 4.41. The Morgan fingerprint density at radius 2 is 1.94 bits per heavy atom. The van der Waals surface area contributed by atoms with E-state index in [1.165, 1.54) is 18.4 Å². The summed E-state index contributed by atoms with van der Waals surface area (Å²) in [7, 11) is 4.28. The standard InChI is InChI=1S/C25H27N7/c1-31(2)21-8-10-32(16-21)25-6-5-19(15-28-25)22-12-20(18-3-4-18)13-24(29-22)30-23-11-17(14-26)7-9-27-23/h5-7,9,11-13,15,18,21H,3-4,8,10,16H2,1-2H3,(H,27,29,30). The van der Waals surface area contributed by atoms with Gasteiger partial charge < -0.3 is 15.1 Å². The number of nitrogens with one attached hydrogen (secondary N) is 1. The van der Waals surface area contributed by atoms with Crippen molar-refractivity contribution < 1.29 is 0 Å². The van der Waals surface area contributed by atoms with Crippen LogP contribution < -0.4 is 10.2 Å². The van der Waals surface area contributed by atoms with E-state index in [4.69, 9.17) is 15.2 Å². The number of pyridine rings is 3. The van der Waals surface area contributed by atoms with E-state index in [1.807, 2.05) is 6.20 Å². The first-order chi connectivity index (χ1) is 15.6. The average Bonchev–Trinajstić information content (AvgIpc) is 3.55. The molecule has 7 heteroatoms. The fourth-order valence-electron chi connectivity index (χ4n) is 4.21. The number of anilines is 3. The molecule has 2 aliphatic rings. The lowest BCUT2D eigenvalue weighted by atomic mass is 10.1. The molecular weight excluding hydrogens is 398 g/mol. The number of aromatic nitrogens is 3. The average molecular weight is 426 g/mol. The van der Waals surface area contributed by atoms with Crippen molar-refractivity contribution in [2.45, 2.75) is 31.2 Å². The normalized spacial score (nSPS) is 18.1. The van der Waals surface area contributed by atoms with Crippen molar-refractivity contribution in [1.82, 2.24) is 19.9 Å². The van der Waals surface area contributed by atoms with Gasteiger partial charge >= 0.3 is 0 Å². The molecule has 3 aromatic rings. The number of nitriles is 1. The minimum atomic E-state index is 0.569. The zero-order valence-corrected chi connectivity index (χ0v) is 18.5. The van der Waals surface area contributed by atoms with Crippen LogP contribution >= 0.6 is 0 Å². The Labute approximate surface area is 188 Å². The van der Waals surface area contributed by atoms with Crippen molar-refractivity contribution in [3.8, 4) is 17.3 Å². The summed E-state index contributed by atoms with van der Waals surface area (Å²) in [5.74, 6) is 2.97. The monoisotopic (exact) mass is 425 g/mol. The number of likely N-dealkylation sites (N-methyl/N-ethyl adjacent to an activating group) is 1. The summed E-state index contributed by atoms with van der Waals surface area (Å²) < 4.78 is 0. The highest BCUT2D eigenvalue weighted by Crippen LogP contribution is 2.42. The van der Waals surface area contributed by atoms with Crippen LogP contribution in [0.1, 0.15) is 36.3 Å². The molecule has 7 nitrogen and oxygen atoms in total. The maximum absolute atomic E-state index is 9.15. The number of nitrogens with zero attached hydrogens (tertiary/aromatic N) is 6. The first-order valence-corrected chi connectivity index (χ1v) is 11.1. The van der Waals surface area contributed by atoms with Crippen LogP contribution in [0.15, 0.2) is 48.8 Å². The molecule has 1 aliphatic carbocycles. The van der Waals surface area contributed by atoms with Crippen LogP contribution in [0.5, 0.6) is 0 Å². The second kappa shape index (κ2) is 8.56. The van der Waals surface area contributed by atoms with Gasteiger partial charge in [0, 0.05) is 37.1 Å². The Balaban J connectivity index is 1.40. The largest absolute Gasteiger partial charge is 0.355 e. The summed E-state index contributed by atoms with van der Waals surface area (Å²) in [6.45, 7) is 2.05. The summed E-state index contributed by atoms with van der Waals surface area (Å²) in [4.78, 5) is 18.6. The zero-order valence-electron chi connectivity index (χ0n) is 18.5. The van der Waals surface area contributed by atoms with Gasteiger partial charge in [-0.25, -0.2) is 15.0 Å². The van der Waals surface area contributed by atoms with E-state index in [2.05, 4.69) is 64.5 Å². The van der Waals surface area contributed by atoms with E-state index in [0.717, 1.165) is 42.4 Å². The molecule has 0 radical (unpaired) electrons. The summed E-state index contributed by atoms with van der Waals surface area (Å²) in [6.07, 6.45) is 7.15.